The molecule has 0 aromatic heterocycles. The molecule has 3 heteroatoms. The normalized spacial score (nSPS) is 12.3. The van der Waals surface area contributed by atoms with Crippen molar-refractivity contribution in [3.63, 3.8) is 0 Å². The second-order valence-corrected chi connectivity index (χ2v) is 5.45. The highest BCUT2D eigenvalue weighted by Gasteiger charge is 2.13. The second-order valence-electron chi connectivity index (χ2n) is 5.45. The standard InChI is InChI=1S/C19H21NO.ClH/c1-2-11-20-13-19(21)18-12-14-7-3-4-8-15(14)16-9-5-6-10-17(16)18;/h3-10,12,19-21H,2,11,13H2,1H3;1H. The van der Waals surface area contributed by atoms with Gasteiger partial charge in [0.15, 0.2) is 0 Å². The molecule has 3 aromatic rings. The van der Waals surface area contributed by atoms with Crippen LogP contribution in [0, 0.1) is 0 Å². The first-order valence-corrected chi connectivity index (χ1v) is 7.60. The molecule has 0 saturated heterocycles. The van der Waals surface area contributed by atoms with E-state index in [9.17, 15) is 5.11 Å². The summed E-state index contributed by atoms with van der Waals surface area (Å²) >= 11 is 0. The van der Waals surface area contributed by atoms with Crippen molar-refractivity contribution in [3.8, 4) is 0 Å². The van der Waals surface area contributed by atoms with Crippen LogP contribution in [0.3, 0.4) is 0 Å². The number of fused-ring (bicyclic) bond motifs is 3. The Kier molecular flexibility index (Phi) is 5.78. The highest BCUT2D eigenvalue weighted by Crippen LogP contribution is 2.31. The van der Waals surface area contributed by atoms with Crippen molar-refractivity contribution >= 4 is 34.0 Å². The molecule has 0 radical (unpaired) electrons. The number of nitrogens with one attached hydrogen (secondary N) is 1. The Morgan fingerprint density at radius 2 is 1.59 bits per heavy atom. The van der Waals surface area contributed by atoms with Crippen molar-refractivity contribution in [2.24, 2.45) is 0 Å². The van der Waals surface area contributed by atoms with Crippen LogP contribution >= 0.6 is 12.4 Å². The summed E-state index contributed by atoms with van der Waals surface area (Å²) in [5, 5.41) is 18.6. The van der Waals surface area contributed by atoms with Crippen LogP contribution in [0.5, 0.6) is 0 Å². The topological polar surface area (TPSA) is 32.3 Å². The number of halogens is 1. The van der Waals surface area contributed by atoms with Crippen LogP contribution in [0.1, 0.15) is 25.0 Å². The number of hydrogen-bond donors (Lipinski definition) is 2. The molecule has 2 N–H and O–H groups in total. The van der Waals surface area contributed by atoms with Gasteiger partial charge in [0.1, 0.15) is 0 Å². The van der Waals surface area contributed by atoms with Gasteiger partial charge in [-0.25, -0.2) is 0 Å². The van der Waals surface area contributed by atoms with E-state index in [-0.39, 0.29) is 12.4 Å². The van der Waals surface area contributed by atoms with Crippen molar-refractivity contribution in [3.05, 3.63) is 60.2 Å². The SMILES string of the molecule is CCCNCC(O)c1cc2ccccc2c2ccccc12.Cl. The monoisotopic (exact) mass is 315 g/mol. The molecule has 0 bridgehead atoms. The molecular weight excluding hydrogens is 294 g/mol. The highest BCUT2D eigenvalue weighted by atomic mass is 35.5. The lowest BCUT2D eigenvalue weighted by molar-refractivity contribution is 0.176. The maximum atomic E-state index is 10.5. The Morgan fingerprint density at radius 1 is 0.955 bits per heavy atom. The molecule has 22 heavy (non-hydrogen) atoms. The van der Waals surface area contributed by atoms with Crippen LogP contribution in [-0.4, -0.2) is 18.2 Å². The van der Waals surface area contributed by atoms with E-state index in [1.165, 1.54) is 16.2 Å². The lowest BCUT2D eigenvalue weighted by atomic mass is 9.94. The minimum Gasteiger partial charge on any atom is -0.387 e. The number of aliphatic hydroxyl groups excluding tert-OH is 1. The lowest BCUT2D eigenvalue weighted by Crippen LogP contribution is -2.22. The first-order chi connectivity index (χ1) is 10.3. The molecule has 0 aliphatic rings. The third-order valence-corrected chi connectivity index (χ3v) is 3.92. The molecular formula is C19H22ClNO. The van der Waals surface area contributed by atoms with Crippen molar-refractivity contribution in [2.75, 3.05) is 13.1 Å². The van der Waals surface area contributed by atoms with Crippen LogP contribution in [0.25, 0.3) is 21.5 Å². The molecule has 3 rings (SSSR count). The van der Waals surface area contributed by atoms with E-state index >= 15 is 0 Å². The molecule has 3 aromatic carbocycles. The Bertz CT molecular complexity index is 757. The molecule has 0 aliphatic heterocycles. The van der Waals surface area contributed by atoms with Gasteiger partial charge in [0.2, 0.25) is 0 Å². The van der Waals surface area contributed by atoms with Crippen molar-refractivity contribution in [1.29, 1.82) is 0 Å². The fourth-order valence-corrected chi connectivity index (χ4v) is 2.88. The van der Waals surface area contributed by atoms with E-state index in [2.05, 4.69) is 54.7 Å². The van der Waals surface area contributed by atoms with Crippen molar-refractivity contribution in [2.45, 2.75) is 19.4 Å². The molecule has 2 nitrogen and oxygen atoms in total. The van der Waals surface area contributed by atoms with E-state index in [1.807, 2.05) is 12.1 Å². The smallest absolute Gasteiger partial charge is 0.0920 e. The Balaban J connectivity index is 0.00000176. The molecule has 0 amide bonds. The molecule has 0 fully saturated rings. The summed E-state index contributed by atoms with van der Waals surface area (Å²) in [7, 11) is 0. The molecule has 116 valence electrons. The highest BCUT2D eigenvalue weighted by molar-refractivity contribution is 6.09. The number of benzene rings is 3. The number of rotatable bonds is 5. The van der Waals surface area contributed by atoms with Gasteiger partial charge in [-0.2, -0.15) is 0 Å². The average Bonchev–Trinajstić information content (AvgIpc) is 2.54. The third kappa shape index (κ3) is 3.25. The second kappa shape index (κ2) is 7.59. The minimum atomic E-state index is -0.481. The van der Waals surface area contributed by atoms with Crippen LogP contribution < -0.4 is 5.32 Å². The fraction of sp³-hybridized carbons (Fsp3) is 0.263. The largest absolute Gasteiger partial charge is 0.387 e. The van der Waals surface area contributed by atoms with Crippen LogP contribution in [0.2, 0.25) is 0 Å². The fourth-order valence-electron chi connectivity index (χ4n) is 2.88. The minimum absolute atomic E-state index is 0. The predicted octanol–water partition coefficient (Wildman–Crippen LogP) is 4.45. The zero-order chi connectivity index (χ0) is 14.7. The molecule has 1 atom stereocenters. The van der Waals surface area contributed by atoms with E-state index in [1.54, 1.807) is 0 Å². The maximum absolute atomic E-state index is 10.5. The Labute approximate surface area is 137 Å². The van der Waals surface area contributed by atoms with Gasteiger partial charge in [-0.1, -0.05) is 55.5 Å². The zero-order valence-corrected chi connectivity index (χ0v) is 13.6. The summed E-state index contributed by atoms with van der Waals surface area (Å²) in [5.74, 6) is 0. The summed E-state index contributed by atoms with van der Waals surface area (Å²) < 4.78 is 0. The van der Waals surface area contributed by atoms with Crippen LogP contribution in [0.15, 0.2) is 54.6 Å². The summed E-state index contributed by atoms with van der Waals surface area (Å²) in [4.78, 5) is 0. The quantitative estimate of drug-likeness (QED) is 0.538. The molecule has 0 saturated carbocycles. The molecule has 1 unspecified atom stereocenters. The van der Waals surface area contributed by atoms with Crippen molar-refractivity contribution in [1.82, 2.24) is 5.32 Å². The Hall–Kier alpha value is -1.61. The first-order valence-electron chi connectivity index (χ1n) is 7.60. The van der Waals surface area contributed by atoms with E-state index in [0.717, 1.165) is 23.9 Å². The summed E-state index contributed by atoms with van der Waals surface area (Å²) in [6.45, 7) is 3.66. The zero-order valence-electron chi connectivity index (χ0n) is 12.8. The summed E-state index contributed by atoms with van der Waals surface area (Å²) in [6, 6.07) is 18.8. The average molecular weight is 316 g/mol. The van der Waals surface area contributed by atoms with E-state index < -0.39 is 6.10 Å². The lowest BCUT2D eigenvalue weighted by Gasteiger charge is -2.16. The van der Waals surface area contributed by atoms with Gasteiger partial charge in [-0.15, -0.1) is 12.4 Å². The number of aliphatic hydroxyl groups is 1. The first kappa shape index (κ1) is 16.8. The van der Waals surface area contributed by atoms with Gasteiger partial charge in [0.25, 0.3) is 0 Å². The molecule has 0 spiro atoms. The summed E-state index contributed by atoms with van der Waals surface area (Å²) in [5.41, 5.74) is 1.01. The van der Waals surface area contributed by atoms with E-state index in [4.69, 9.17) is 0 Å². The number of hydrogen-bond acceptors (Lipinski definition) is 2. The predicted molar refractivity (Wildman–Crippen MR) is 96.8 cm³/mol. The van der Waals surface area contributed by atoms with Gasteiger partial charge in [-0.05, 0) is 46.1 Å². The van der Waals surface area contributed by atoms with Crippen LogP contribution in [-0.2, 0) is 0 Å². The van der Waals surface area contributed by atoms with Crippen LogP contribution in [0.4, 0.5) is 0 Å². The van der Waals surface area contributed by atoms with Gasteiger partial charge in [0, 0.05) is 6.54 Å². The maximum Gasteiger partial charge on any atom is 0.0920 e. The van der Waals surface area contributed by atoms with Gasteiger partial charge >= 0.3 is 0 Å². The van der Waals surface area contributed by atoms with Crippen molar-refractivity contribution < 1.29 is 5.11 Å². The summed E-state index contributed by atoms with van der Waals surface area (Å²) in [6.07, 6.45) is 0.594. The van der Waals surface area contributed by atoms with Gasteiger partial charge in [-0.3, -0.25) is 0 Å². The van der Waals surface area contributed by atoms with Gasteiger partial charge in [0.05, 0.1) is 6.10 Å². The third-order valence-electron chi connectivity index (χ3n) is 3.92. The molecule has 0 aliphatic carbocycles. The van der Waals surface area contributed by atoms with E-state index in [0.29, 0.717) is 6.54 Å². The van der Waals surface area contributed by atoms with Gasteiger partial charge < -0.3 is 10.4 Å². The molecule has 0 heterocycles. The Morgan fingerprint density at radius 3 is 2.32 bits per heavy atom.